The fourth-order valence-corrected chi connectivity index (χ4v) is 0.838. The third-order valence-electron chi connectivity index (χ3n) is 1.60. The van der Waals surface area contributed by atoms with Crippen LogP contribution in [0.15, 0.2) is 4.99 Å². The molecular weight excluding hydrogens is 194 g/mol. The number of nitrogens with two attached hydrogens (primary N) is 4. The van der Waals surface area contributed by atoms with Crippen LogP contribution in [0.2, 0.25) is 0 Å². The Labute approximate surface area is 90.0 Å². The minimum atomic E-state index is 0.293. The Morgan fingerprint density at radius 2 is 1.80 bits per heavy atom. The van der Waals surface area contributed by atoms with Crippen molar-refractivity contribution in [2.24, 2.45) is 27.9 Å². The molecule has 0 aliphatic rings. The average Bonchev–Trinajstić information content (AvgIpc) is 2.18. The summed E-state index contributed by atoms with van der Waals surface area (Å²) < 4.78 is 0. The second-order valence-corrected chi connectivity index (χ2v) is 3.02. The minimum Gasteiger partial charge on any atom is -0.357 e. The highest BCUT2D eigenvalue weighted by Crippen LogP contribution is 1.75. The predicted molar refractivity (Wildman–Crippen MR) is 62.0 cm³/mol. The SMILES string of the molecule is NCCCN=C(N)NC(N)=[NH+]CCCN. The molecule has 0 aromatic rings. The van der Waals surface area contributed by atoms with E-state index in [-0.39, 0.29) is 0 Å². The normalized spacial score (nSPS) is 12.9. The molecule has 0 aliphatic carbocycles. The number of nitrogens with zero attached hydrogens (tertiary/aromatic N) is 1. The molecule has 0 fully saturated rings. The van der Waals surface area contributed by atoms with E-state index in [4.69, 9.17) is 22.9 Å². The summed E-state index contributed by atoms with van der Waals surface area (Å²) in [4.78, 5) is 6.94. The van der Waals surface area contributed by atoms with Gasteiger partial charge in [0.25, 0.3) is 5.96 Å². The quantitative estimate of drug-likeness (QED) is 0.152. The van der Waals surface area contributed by atoms with Crippen molar-refractivity contribution in [3.63, 3.8) is 0 Å². The lowest BCUT2D eigenvalue weighted by molar-refractivity contribution is -0.460. The lowest BCUT2D eigenvalue weighted by atomic mass is 10.4. The van der Waals surface area contributed by atoms with Crippen molar-refractivity contribution in [3.05, 3.63) is 0 Å². The van der Waals surface area contributed by atoms with E-state index in [1.54, 1.807) is 0 Å². The van der Waals surface area contributed by atoms with Crippen LogP contribution in [0.1, 0.15) is 12.8 Å². The summed E-state index contributed by atoms with van der Waals surface area (Å²) in [5, 5.41) is 2.73. The van der Waals surface area contributed by atoms with E-state index < -0.39 is 0 Å². The van der Waals surface area contributed by atoms with Gasteiger partial charge in [-0.25, -0.2) is 10.3 Å². The van der Waals surface area contributed by atoms with E-state index in [1.165, 1.54) is 0 Å². The van der Waals surface area contributed by atoms with E-state index in [1.807, 2.05) is 0 Å². The van der Waals surface area contributed by atoms with Gasteiger partial charge in [-0.3, -0.25) is 10.7 Å². The highest BCUT2D eigenvalue weighted by molar-refractivity contribution is 5.94. The molecule has 15 heavy (non-hydrogen) atoms. The summed E-state index contributed by atoms with van der Waals surface area (Å²) in [6, 6.07) is 0. The monoisotopic (exact) mass is 216 g/mol. The summed E-state index contributed by atoms with van der Waals surface area (Å²) in [6.07, 6.45) is 1.66. The van der Waals surface area contributed by atoms with Crippen LogP contribution < -0.4 is 33.2 Å². The first-order valence-electron chi connectivity index (χ1n) is 5.04. The fourth-order valence-electron chi connectivity index (χ4n) is 0.838. The maximum atomic E-state index is 5.59. The Kier molecular flexibility index (Phi) is 8.40. The number of rotatable bonds is 6. The zero-order valence-corrected chi connectivity index (χ0v) is 9.00. The lowest BCUT2D eigenvalue weighted by Crippen LogP contribution is -2.79. The Bertz CT molecular complexity index is 189. The Hall–Kier alpha value is -1.34. The summed E-state index contributed by atoms with van der Waals surface area (Å²) in [6.45, 7) is 2.54. The van der Waals surface area contributed by atoms with E-state index >= 15 is 0 Å². The molecule has 0 saturated heterocycles. The van der Waals surface area contributed by atoms with Crippen molar-refractivity contribution in [1.29, 1.82) is 0 Å². The molecule has 10 N–H and O–H groups in total. The molecule has 0 amide bonds. The summed E-state index contributed by atoms with van der Waals surface area (Å²) >= 11 is 0. The Morgan fingerprint density at radius 3 is 2.40 bits per heavy atom. The number of aliphatic imine (C=N–C) groups is 1. The molecule has 0 spiro atoms. The van der Waals surface area contributed by atoms with Gasteiger partial charge in [0.15, 0.2) is 0 Å². The van der Waals surface area contributed by atoms with Crippen molar-refractivity contribution in [3.8, 4) is 0 Å². The molecule has 0 rings (SSSR count). The molecule has 0 unspecified atom stereocenters. The molecule has 0 aromatic heterocycles. The summed E-state index contributed by atoms with van der Waals surface area (Å²) in [5.41, 5.74) is 21.8. The Balaban J connectivity index is 3.78. The third-order valence-corrected chi connectivity index (χ3v) is 1.60. The third kappa shape index (κ3) is 8.98. The van der Waals surface area contributed by atoms with Crippen LogP contribution in [0.5, 0.6) is 0 Å². The van der Waals surface area contributed by atoms with E-state index in [0.717, 1.165) is 12.8 Å². The molecule has 0 radical (unpaired) electrons. The highest BCUT2D eigenvalue weighted by Gasteiger charge is 2.00. The summed E-state index contributed by atoms with van der Waals surface area (Å²) in [5.74, 6) is 0.679. The first kappa shape index (κ1) is 13.7. The zero-order chi connectivity index (χ0) is 11.5. The maximum absolute atomic E-state index is 5.59. The molecule has 0 heterocycles. The predicted octanol–water partition coefficient (Wildman–Crippen LogP) is -4.02. The van der Waals surface area contributed by atoms with Crippen LogP contribution in [-0.4, -0.2) is 38.1 Å². The van der Waals surface area contributed by atoms with Crippen molar-refractivity contribution in [1.82, 2.24) is 5.32 Å². The molecule has 0 aliphatic heterocycles. The topological polar surface area (TPSA) is 142 Å². The average molecular weight is 216 g/mol. The van der Waals surface area contributed by atoms with Crippen LogP contribution in [0.25, 0.3) is 0 Å². The second kappa shape index (κ2) is 9.22. The van der Waals surface area contributed by atoms with Crippen LogP contribution in [-0.2, 0) is 0 Å². The second-order valence-electron chi connectivity index (χ2n) is 3.02. The Morgan fingerprint density at radius 1 is 1.13 bits per heavy atom. The first-order valence-corrected chi connectivity index (χ1v) is 5.04. The van der Waals surface area contributed by atoms with Gasteiger partial charge in [-0.1, -0.05) is 0 Å². The lowest BCUT2D eigenvalue weighted by Gasteiger charge is -1.98. The van der Waals surface area contributed by atoms with Crippen LogP contribution in [0, 0.1) is 0 Å². The minimum absolute atomic E-state index is 0.293. The molecule has 88 valence electrons. The molecule has 7 heteroatoms. The number of hydrogen-bond acceptors (Lipinski definition) is 3. The highest BCUT2D eigenvalue weighted by atomic mass is 15.2. The van der Waals surface area contributed by atoms with Crippen molar-refractivity contribution < 1.29 is 4.99 Å². The summed E-state index contributed by atoms with van der Waals surface area (Å²) in [7, 11) is 0. The van der Waals surface area contributed by atoms with Gasteiger partial charge in [-0.05, 0) is 25.9 Å². The molecular formula is C8H22N7+. The number of guanidine groups is 2. The fraction of sp³-hybridized carbons (Fsp3) is 0.750. The maximum Gasteiger partial charge on any atom is 0.348 e. The largest absolute Gasteiger partial charge is 0.357 e. The smallest absolute Gasteiger partial charge is 0.348 e. The van der Waals surface area contributed by atoms with E-state index in [0.29, 0.717) is 38.1 Å². The zero-order valence-electron chi connectivity index (χ0n) is 9.00. The van der Waals surface area contributed by atoms with Gasteiger partial charge in [0, 0.05) is 6.54 Å². The van der Waals surface area contributed by atoms with Gasteiger partial charge < -0.3 is 17.2 Å². The molecule has 0 saturated carbocycles. The van der Waals surface area contributed by atoms with Gasteiger partial charge in [0.1, 0.15) is 0 Å². The van der Waals surface area contributed by atoms with Crippen molar-refractivity contribution in [2.75, 3.05) is 26.2 Å². The van der Waals surface area contributed by atoms with Gasteiger partial charge in [0.2, 0.25) is 0 Å². The van der Waals surface area contributed by atoms with Crippen LogP contribution >= 0.6 is 0 Å². The molecule has 0 bridgehead atoms. The van der Waals surface area contributed by atoms with Crippen LogP contribution in [0.3, 0.4) is 0 Å². The van der Waals surface area contributed by atoms with Crippen molar-refractivity contribution in [2.45, 2.75) is 12.8 Å². The van der Waals surface area contributed by atoms with Gasteiger partial charge in [-0.15, -0.1) is 0 Å². The van der Waals surface area contributed by atoms with Crippen LogP contribution in [0.4, 0.5) is 0 Å². The molecule has 0 atom stereocenters. The number of nitrogens with one attached hydrogen (secondary N) is 2. The van der Waals surface area contributed by atoms with Gasteiger partial charge >= 0.3 is 5.96 Å². The standard InChI is InChI=1S/C8H21N7/c9-3-1-5-13-7(11)15-8(12)14-6-2-4-10/h1-6,9-10H2,(H5,11,12,13,14,15)/p+1. The number of hydrogen-bond donors (Lipinski definition) is 6. The van der Waals surface area contributed by atoms with Gasteiger partial charge in [0.05, 0.1) is 6.54 Å². The van der Waals surface area contributed by atoms with E-state index in [2.05, 4.69) is 15.3 Å². The van der Waals surface area contributed by atoms with Gasteiger partial charge in [-0.2, -0.15) is 0 Å². The first-order chi connectivity index (χ1) is 7.20. The molecule has 7 nitrogen and oxygen atoms in total. The van der Waals surface area contributed by atoms with E-state index in [9.17, 15) is 0 Å². The van der Waals surface area contributed by atoms with Crippen molar-refractivity contribution >= 4 is 11.9 Å². The molecule has 0 aromatic carbocycles.